The Morgan fingerprint density at radius 3 is 2.61 bits per heavy atom. The van der Waals surface area contributed by atoms with E-state index < -0.39 is 0 Å². The summed E-state index contributed by atoms with van der Waals surface area (Å²) in [6.45, 7) is 6.28. The van der Waals surface area contributed by atoms with Gasteiger partial charge in [-0.3, -0.25) is 0 Å². The maximum atomic E-state index is 5.31. The minimum absolute atomic E-state index is 0.717. The molecule has 0 radical (unpaired) electrons. The number of H-pyrrole nitrogens is 1. The molecule has 0 aliphatic heterocycles. The van der Waals surface area contributed by atoms with Crippen molar-refractivity contribution in [2.45, 2.75) is 33.6 Å². The molecule has 2 rings (SSSR count). The lowest BCUT2D eigenvalue weighted by Gasteiger charge is -2.09. The summed E-state index contributed by atoms with van der Waals surface area (Å²) in [4.78, 5) is 7.88. The van der Waals surface area contributed by atoms with Gasteiger partial charge in [-0.2, -0.15) is 0 Å². The van der Waals surface area contributed by atoms with Gasteiger partial charge in [0.05, 0.1) is 0 Å². The van der Waals surface area contributed by atoms with Crippen molar-refractivity contribution in [3.05, 3.63) is 57.1 Å². The highest BCUT2D eigenvalue weighted by molar-refractivity contribution is 7.71. The SMILES string of the molecule is CCc1[nH]c(Cc2ccccc2C)nc(=S)c1C. The number of aryl methyl sites for hydroxylation is 2. The molecule has 0 saturated carbocycles. The van der Waals surface area contributed by atoms with Crippen molar-refractivity contribution in [2.24, 2.45) is 0 Å². The Labute approximate surface area is 113 Å². The molecule has 0 fully saturated rings. The number of hydrogen-bond donors (Lipinski definition) is 1. The molecular weight excluding hydrogens is 240 g/mol. The van der Waals surface area contributed by atoms with Crippen LogP contribution in [0.2, 0.25) is 0 Å². The highest BCUT2D eigenvalue weighted by Gasteiger charge is 2.05. The highest BCUT2D eigenvalue weighted by Crippen LogP contribution is 2.13. The molecule has 3 heteroatoms. The van der Waals surface area contributed by atoms with Gasteiger partial charge >= 0.3 is 0 Å². The second-order valence-corrected chi connectivity index (χ2v) is 4.94. The molecule has 0 atom stereocenters. The van der Waals surface area contributed by atoms with E-state index in [0.29, 0.717) is 4.64 Å². The molecule has 18 heavy (non-hydrogen) atoms. The highest BCUT2D eigenvalue weighted by atomic mass is 32.1. The predicted molar refractivity (Wildman–Crippen MR) is 77.5 cm³/mol. The smallest absolute Gasteiger partial charge is 0.132 e. The molecule has 2 aromatic rings. The zero-order valence-electron chi connectivity index (χ0n) is 11.1. The molecule has 1 N–H and O–H groups in total. The molecule has 0 aliphatic rings. The Kier molecular flexibility index (Phi) is 3.92. The molecule has 0 amide bonds. The van der Waals surface area contributed by atoms with Crippen molar-refractivity contribution >= 4 is 12.2 Å². The summed E-state index contributed by atoms with van der Waals surface area (Å²) in [6.07, 6.45) is 1.77. The summed E-state index contributed by atoms with van der Waals surface area (Å²) >= 11 is 5.31. The molecule has 2 nitrogen and oxygen atoms in total. The van der Waals surface area contributed by atoms with Crippen LogP contribution >= 0.6 is 12.2 Å². The summed E-state index contributed by atoms with van der Waals surface area (Å²) in [7, 11) is 0. The number of nitrogens with zero attached hydrogens (tertiary/aromatic N) is 1. The van der Waals surface area contributed by atoms with Gasteiger partial charge in [0.2, 0.25) is 0 Å². The van der Waals surface area contributed by atoms with Gasteiger partial charge in [0.1, 0.15) is 10.5 Å². The molecule has 1 heterocycles. The molecule has 94 valence electrons. The number of rotatable bonds is 3. The predicted octanol–water partition coefficient (Wildman–Crippen LogP) is 3.91. The van der Waals surface area contributed by atoms with Gasteiger partial charge in [0, 0.05) is 17.7 Å². The zero-order valence-corrected chi connectivity index (χ0v) is 11.9. The fourth-order valence-corrected chi connectivity index (χ4v) is 2.29. The van der Waals surface area contributed by atoms with E-state index in [0.717, 1.165) is 24.2 Å². The van der Waals surface area contributed by atoms with Crippen LogP contribution < -0.4 is 0 Å². The summed E-state index contributed by atoms with van der Waals surface area (Å²) in [6, 6.07) is 8.38. The standard InChI is InChI=1S/C15H18N2S/c1-4-13-11(3)15(18)17-14(16-13)9-12-8-6-5-7-10(12)2/h5-8H,4,9H2,1-3H3,(H,16,17,18). The van der Waals surface area contributed by atoms with Gasteiger partial charge < -0.3 is 4.98 Å². The van der Waals surface area contributed by atoms with Crippen LogP contribution in [0.4, 0.5) is 0 Å². The number of hydrogen-bond acceptors (Lipinski definition) is 2. The normalized spacial score (nSPS) is 10.6. The van der Waals surface area contributed by atoms with Gasteiger partial charge in [-0.1, -0.05) is 43.4 Å². The fourth-order valence-electron chi connectivity index (χ4n) is 2.06. The van der Waals surface area contributed by atoms with Crippen LogP contribution in [0.25, 0.3) is 0 Å². The van der Waals surface area contributed by atoms with Crippen molar-refractivity contribution in [2.75, 3.05) is 0 Å². The lowest BCUT2D eigenvalue weighted by Crippen LogP contribution is -2.04. The molecule has 1 aromatic heterocycles. The van der Waals surface area contributed by atoms with Gasteiger partial charge in [-0.25, -0.2) is 4.98 Å². The summed E-state index contributed by atoms with van der Waals surface area (Å²) in [5.41, 5.74) is 4.87. The molecule has 0 bridgehead atoms. The molecule has 0 unspecified atom stereocenters. The lowest BCUT2D eigenvalue weighted by atomic mass is 10.1. The third-order valence-corrected chi connectivity index (χ3v) is 3.68. The largest absolute Gasteiger partial charge is 0.347 e. The third-order valence-electron chi connectivity index (χ3n) is 3.28. The Balaban J connectivity index is 2.39. The quantitative estimate of drug-likeness (QED) is 0.846. The van der Waals surface area contributed by atoms with E-state index in [4.69, 9.17) is 12.2 Å². The molecule has 0 saturated heterocycles. The Morgan fingerprint density at radius 2 is 1.94 bits per heavy atom. The monoisotopic (exact) mass is 258 g/mol. The summed E-state index contributed by atoms with van der Waals surface area (Å²) < 4.78 is 0.717. The van der Waals surface area contributed by atoms with Crippen LogP contribution in [0.3, 0.4) is 0 Å². The van der Waals surface area contributed by atoms with E-state index in [1.165, 1.54) is 16.8 Å². The summed E-state index contributed by atoms with van der Waals surface area (Å²) in [5.74, 6) is 0.955. The molecule has 0 aliphatic carbocycles. The van der Waals surface area contributed by atoms with Crippen molar-refractivity contribution in [1.29, 1.82) is 0 Å². The minimum Gasteiger partial charge on any atom is -0.347 e. The first-order valence-corrected chi connectivity index (χ1v) is 6.65. The van der Waals surface area contributed by atoms with Crippen LogP contribution in [-0.2, 0) is 12.8 Å². The second-order valence-electron chi connectivity index (χ2n) is 4.55. The first-order valence-electron chi connectivity index (χ1n) is 6.25. The van der Waals surface area contributed by atoms with Gasteiger partial charge in [-0.05, 0) is 31.4 Å². The second kappa shape index (κ2) is 5.44. The molecule has 0 spiro atoms. The van der Waals surface area contributed by atoms with Crippen molar-refractivity contribution in [1.82, 2.24) is 9.97 Å². The number of nitrogens with one attached hydrogen (secondary N) is 1. The van der Waals surface area contributed by atoms with Crippen LogP contribution in [0.5, 0.6) is 0 Å². The van der Waals surface area contributed by atoms with Crippen molar-refractivity contribution in [3.63, 3.8) is 0 Å². The summed E-state index contributed by atoms with van der Waals surface area (Å²) in [5, 5.41) is 0. The average molecular weight is 258 g/mol. The van der Waals surface area contributed by atoms with Crippen molar-refractivity contribution in [3.8, 4) is 0 Å². The van der Waals surface area contributed by atoms with Gasteiger partial charge in [0.25, 0.3) is 0 Å². The minimum atomic E-state index is 0.717. The Hall–Kier alpha value is -1.48. The average Bonchev–Trinajstić information content (AvgIpc) is 2.36. The molecular formula is C15H18N2S. The van der Waals surface area contributed by atoms with E-state index >= 15 is 0 Å². The first-order chi connectivity index (χ1) is 8.61. The van der Waals surface area contributed by atoms with E-state index in [-0.39, 0.29) is 0 Å². The Bertz CT molecular complexity index is 614. The molecule has 1 aromatic carbocycles. The lowest BCUT2D eigenvalue weighted by molar-refractivity contribution is 0.878. The van der Waals surface area contributed by atoms with Crippen LogP contribution in [-0.4, -0.2) is 9.97 Å². The van der Waals surface area contributed by atoms with E-state index in [1.807, 2.05) is 6.92 Å². The van der Waals surface area contributed by atoms with Crippen LogP contribution in [0.1, 0.15) is 35.1 Å². The topological polar surface area (TPSA) is 28.7 Å². The van der Waals surface area contributed by atoms with Crippen molar-refractivity contribution < 1.29 is 0 Å². The Morgan fingerprint density at radius 1 is 1.22 bits per heavy atom. The maximum Gasteiger partial charge on any atom is 0.132 e. The number of benzene rings is 1. The maximum absolute atomic E-state index is 5.31. The van der Waals surface area contributed by atoms with Gasteiger partial charge in [-0.15, -0.1) is 0 Å². The van der Waals surface area contributed by atoms with Gasteiger partial charge in [0.15, 0.2) is 0 Å². The van der Waals surface area contributed by atoms with E-state index in [2.05, 4.69) is 48.1 Å². The van der Waals surface area contributed by atoms with Crippen LogP contribution in [0.15, 0.2) is 24.3 Å². The fraction of sp³-hybridized carbons (Fsp3) is 0.333. The number of aromatic amines is 1. The zero-order chi connectivity index (χ0) is 13.1. The van der Waals surface area contributed by atoms with Crippen LogP contribution in [0, 0.1) is 18.5 Å². The third kappa shape index (κ3) is 2.67. The van der Waals surface area contributed by atoms with E-state index in [9.17, 15) is 0 Å². The van der Waals surface area contributed by atoms with E-state index in [1.54, 1.807) is 0 Å². The number of aromatic nitrogens is 2. The first kappa shape index (κ1) is 13.0.